The Labute approximate surface area is 246 Å². The zero-order valence-corrected chi connectivity index (χ0v) is 24.2. The lowest BCUT2D eigenvalue weighted by molar-refractivity contribution is -0.137. The van der Waals surface area contributed by atoms with Crippen LogP contribution in [-0.4, -0.2) is 74.7 Å². The van der Waals surface area contributed by atoms with Crippen LogP contribution in [0.5, 0.6) is 0 Å². The molecule has 2 heterocycles. The molecule has 5 rings (SSSR count). The summed E-state index contributed by atoms with van der Waals surface area (Å²) < 4.78 is 70.4. The third-order valence-electron chi connectivity index (χ3n) is 7.08. The fourth-order valence-electron chi connectivity index (χ4n) is 4.89. The van der Waals surface area contributed by atoms with Gasteiger partial charge < -0.3 is 9.80 Å². The lowest BCUT2D eigenvalue weighted by atomic mass is 9.89. The number of piperazine rings is 1. The van der Waals surface area contributed by atoms with Crippen molar-refractivity contribution in [2.24, 2.45) is 9.50 Å². The number of hydrogen-bond donors (Lipinski definition) is 0. The third-order valence-corrected chi connectivity index (χ3v) is 8.82. The SMILES string of the molecule is CN1CCN(/C=N/S(=O)(=O)c2ccc(Cl)cc2)C(N2CC(c3cccc(C(F)(F)F)c3)C(c3ccc(Cl)cc3)=N2)C1. The van der Waals surface area contributed by atoms with Crippen molar-refractivity contribution in [1.29, 1.82) is 0 Å². The molecule has 7 nitrogen and oxygen atoms in total. The molecule has 0 spiro atoms. The highest BCUT2D eigenvalue weighted by Gasteiger charge is 2.38. The lowest BCUT2D eigenvalue weighted by Gasteiger charge is -2.42. The summed E-state index contributed by atoms with van der Waals surface area (Å²) in [6.07, 6.45) is -3.60. The van der Waals surface area contributed by atoms with E-state index >= 15 is 0 Å². The van der Waals surface area contributed by atoms with Crippen molar-refractivity contribution in [3.8, 4) is 0 Å². The molecule has 1 fully saturated rings. The average molecular weight is 625 g/mol. The van der Waals surface area contributed by atoms with Crippen molar-refractivity contribution < 1.29 is 21.6 Å². The molecule has 13 heteroatoms. The number of hydrazone groups is 1. The number of likely N-dealkylation sites (N-methyl/N-ethyl adjacent to an activating group) is 1. The van der Waals surface area contributed by atoms with Crippen LogP contribution in [0.1, 0.15) is 22.6 Å². The van der Waals surface area contributed by atoms with Crippen LogP contribution in [0, 0.1) is 0 Å². The molecule has 0 aromatic heterocycles. The molecule has 216 valence electrons. The summed E-state index contributed by atoms with van der Waals surface area (Å²) in [4.78, 5) is 3.89. The van der Waals surface area contributed by atoms with Gasteiger partial charge in [0, 0.05) is 35.6 Å². The maximum atomic E-state index is 13.6. The molecule has 41 heavy (non-hydrogen) atoms. The predicted octanol–water partition coefficient (Wildman–Crippen LogP) is 5.81. The van der Waals surface area contributed by atoms with E-state index in [0.717, 1.165) is 17.7 Å². The zero-order chi connectivity index (χ0) is 29.4. The smallest absolute Gasteiger partial charge is 0.338 e. The molecule has 0 bridgehead atoms. The summed E-state index contributed by atoms with van der Waals surface area (Å²) in [5.74, 6) is -0.470. The van der Waals surface area contributed by atoms with Crippen molar-refractivity contribution in [1.82, 2.24) is 14.8 Å². The second-order valence-electron chi connectivity index (χ2n) is 9.92. The largest absolute Gasteiger partial charge is 0.416 e. The van der Waals surface area contributed by atoms with Crippen molar-refractivity contribution in [3.63, 3.8) is 0 Å². The summed E-state index contributed by atoms with van der Waals surface area (Å²) in [5.41, 5.74) is 1.07. The molecule has 0 saturated carbocycles. The molecule has 0 aliphatic carbocycles. The van der Waals surface area contributed by atoms with Crippen LogP contribution in [0.4, 0.5) is 13.2 Å². The number of rotatable bonds is 6. The van der Waals surface area contributed by atoms with E-state index in [1.54, 1.807) is 40.2 Å². The van der Waals surface area contributed by atoms with E-state index in [1.807, 2.05) is 7.05 Å². The van der Waals surface area contributed by atoms with Gasteiger partial charge in [0.1, 0.15) is 12.5 Å². The van der Waals surface area contributed by atoms with Gasteiger partial charge in [-0.3, -0.25) is 5.01 Å². The first-order chi connectivity index (χ1) is 19.4. The predicted molar refractivity (Wildman–Crippen MR) is 154 cm³/mol. The van der Waals surface area contributed by atoms with Crippen molar-refractivity contribution in [2.75, 3.05) is 33.2 Å². The van der Waals surface area contributed by atoms with Crippen LogP contribution in [0.25, 0.3) is 0 Å². The topological polar surface area (TPSA) is 68.6 Å². The molecular weight excluding hydrogens is 598 g/mol. The second-order valence-corrected chi connectivity index (χ2v) is 12.4. The minimum absolute atomic E-state index is 0.0117. The van der Waals surface area contributed by atoms with Crippen LogP contribution < -0.4 is 0 Å². The van der Waals surface area contributed by atoms with Crippen LogP contribution in [0.15, 0.2) is 87.2 Å². The lowest BCUT2D eigenvalue weighted by Crippen LogP contribution is -2.57. The highest BCUT2D eigenvalue weighted by Crippen LogP contribution is 2.35. The molecular formula is C28H26Cl2F3N5O2S. The third kappa shape index (κ3) is 6.69. The Morgan fingerprint density at radius 2 is 1.61 bits per heavy atom. The summed E-state index contributed by atoms with van der Waals surface area (Å²) >= 11 is 12.0. The minimum Gasteiger partial charge on any atom is -0.338 e. The van der Waals surface area contributed by atoms with Gasteiger partial charge in [-0.1, -0.05) is 53.5 Å². The molecule has 0 amide bonds. The average Bonchev–Trinajstić information content (AvgIpc) is 3.38. The van der Waals surface area contributed by atoms with Crippen molar-refractivity contribution in [2.45, 2.75) is 23.2 Å². The molecule has 1 saturated heterocycles. The van der Waals surface area contributed by atoms with Crippen LogP contribution in [0.2, 0.25) is 10.0 Å². The van der Waals surface area contributed by atoms with Gasteiger partial charge in [0.25, 0.3) is 10.0 Å². The number of sulfonamides is 1. The van der Waals surface area contributed by atoms with Crippen LogP contribution in [0.3, 0.4) is 0 Å². The first-order valence-electron chi connectivity index (χ1n) is 12.7. The Bertz CT molecular complexity index is 1560. The quantitative estimate of drug-likeness (QED) is 0.256. The number of hydrogen-bond acceptors (Lipinski definition) is 5. The fourth-order valence-corrected chi connectivity index (χ4v) is 5.98. The number of benzene rings is 3. The Hall–Kier alpha value is -3.12. The molecule has 0 radical (unpaired) electrons. The minimum atomic E-state index is -4.49. The monoisotopic (exact) mass is 623 g/mol. The van der Waals surface area contributed by atoms with Gasteiger partial charge >= 0.3 is 6.18 Å². The van der Waals surface area contributed by atoms with E-state index in [4.69, 9.17) is 28.3 Å². The standard InChI is InChI=1S/C28H26Cl2F3N5O2S/c1-36-13-14-37(18-34-41(39,40)24-11-9-23(30)10-12-24)26(17-36)38-16-25(20-3-2-4-21(15-20)28(31,32)33)27(35-38)19-5-7-22(29)8-6-19/h2-12,15,18,25-26H,13-14,16-17H2,1H3/b34-18+. The van der Waals surface area contributed by atoms with E-state index < -0.39 is 33.8 Å². The molecule has 3 aromatic carbocycles. The highest BCUT2D eigenvalue weighted by atomic mass is 35.5. The van der Waals surface area contributed by atoms with Gasteiger partial charge in [-0.2, -0.15) is 26.7 Å². The van der Waals surface area contributed by atoms with Gasteiger partial charge in [0.2, 0.25) is 0 Å². The van der Waals surface area contributed by atoms with Gasteiger partial charge in [-0.05, 0) is 60.6 Å². The van der Waals surface area contributed by atoms with Gasteiger partial charge in [0.15, 0.2) is 0 Å². The molecule has 3 aromatic rings. The maximum Gasteiger partial charge on any atom is 0.416 e. The van der Waals surface area contributed by atoms with Crippen molar-refractivity contribution in [3.05, 3.63) is 99.5 Å². The normalized spacial score (nSPS) is 20.6. The molecule has 2 aliphatic rings. The van der Waals surface area contributed by atoms with Gasteiger partial charge in [-0.25, -0.2) is 0 Å². The molecule has 2 atom stereocenters. The molecule has 2 aliphatic heterocycles. The van der Waals surface area contributed by atoms with Gasteiger partial charge in [0.05, 0.1) is 22.7 Å². The van der Waals surface area contributed by atoms with E-state index in [-0.39, 0.29) is 11.4 Å². The Morgan fingerprint density at radius 1 is 0.951 bits per heavy atom. The zero-order valence-electron chi connectivity index (χ0n) is 21.8. The summed E-state index contributed by atoms with van der Waals surface area (Å²) in [7, 11) is -2.04. The summed E-state index contributed by atoms with van der Waals surface area (Å²) in [6.45, 7) is 1.91. The van der Waals surface area contributed by atoms with E-state index in [2.05, 4.69) is 9.30 Å². The number of alkyl halides is 3. The van der Waals surface area contributed by atoms with Crippen LogP contribution in [-0.2, 0) is 16.2 Å². The highest BCUT2D eigenvalue weighted by molar-refractivity contribution is 7.90. The first-order valence-corrected chi connectivity index (χ1v) is 14.9. The Morgan fingerprint density at radius 3 is 2.27 bits per heavy atom. The maximum absolute atomic E-state index is 13.6. The van der Waals surface area contributed by atoms with E-state index in [9.17, 15) is 21.6 Å². The fraction of sp³-hybridized carbons (Fsp3) is 0.286. The second kappa shape index (κ2) is 11.6. The molecule has 0 N–H and O–H groups in total. The number of nitrogens with zero attached hydrogens (tertiary/aromatic N) is 5. The number of halogens is 5. The van der Waals surface area contributed by atoms with Gasteiger partial charge in [-0.15, -0.1) is 4.40 Å². The summed E-state index contributed by atoms with van der Waals surface area (Å²) in [5, 5.41) is 7.62. The van der Waals surface area contributed by atoms with Crippen molar-refractivity contribution >= 4 is 45.3 Å². The molecule has 2 unspecified atom stereocenters. The van der Waals surface area contributed by atoms with E-state index in [0.29, 0.717) is 41.0 Å². The summed E-state index contributed by atoms with van der Waals surface area (Å²) in [6, 6.07) is 18.0. The van der Waals surface area contributed by atoms with E-state index in [1.165, 1.54) is 36.7 Å². The Kier molecular flexibility index (Phi) is 8.34. The van der Waals surface area contributed by atoms with Crippen LogP contribution >= 0.6 is 23.2 Å². The Balaban J connectivity index is 1.49. The first kappa shape index (κ1) is 29.4.